The maximum Gasteiger partial charge on any atom is 0.325 e. The van der Waals surface area contributed by atoms with E-state index in [0.29, 0.717) is 19.7 Å². The summed E-state index contributed by atoms with van der Waals surface area (Å²) in [5.74, 6) is -0.451. The number of urea groups is 1. The Kier molecular flexibility index (Phi) is 7.91. The standard InChI is InChI=1S/C19H27N3O5.ClH/c1-3-22(19(25)20-9-18(24)26-4-2)10-12-5-6-14-13(7-12)17-8-15(21-14)16(23)11-27-17;/h5-7,15-17,21,23H,3-4,8-11H2,1-2H3,(H,20,25);1H/t15-,16+,17+;/m0./s1. The molecule has 156 valence electrons. The minimum Gasteiger partial charge on any atom is -0.465 e. The second-order valence-corrected chi connectivity index (χ2v) is 6.78. The Hall–Kier alpha value is -2.03. The van der Waals surface area contributed by atoms with Gasteiger partial charge in [-0.15, -0.1) is 12.4 Å². The summed E-state index contributed by atoms with van der Waals surface area (Å²) >= 11 is 0. The van der Waals surface area contributed by atoms with E-state index in [4.69, 9.17) is 9.47 Å². The minimum atomic E-state index is -0.493. The Labute approximate surface area is 171 Å². The number of hydrogen-bond acceptors (Lipinski definition) is 6. The van der Waals surface area contributed by atoms with Crippen LogP contribution >= 0.6 is 12.4 Å². The highest BCUT2D eigenvalue weighted by Gasteiger charge is 2.36. The van der Waals surface area contributed by atoms with Crippen LogP contribution in [0.1, 0.15) is 37.5 Å². The number of fused-ring (bicyclic) bond motifs is 4. The van der Waals surface area contributed by atoms with Gasteiger partial charge in [0, 0.05) is 30.8 Å². The monoisotopic (exact) mass is 413 g/mol. The molecule has 0 aromatic heterocycles. The minimum absolute atomic E-state index is 0. The van der Waals surface area contributed by atoms with Gasteiger partial charge in [0.25, 0.3) is 0 Å². The highest BCUT2D eigenvalue weighted by Crippen LogP contribution is 2.39. The molecular weight excluding hydrogens is 386 g/mol. The van der Waals surface area contributed by atoms with Crippen molar-refractivity contribution >= 4 is 30.1 Å². The van der Waals surface area contributed by atoms with Crippen molar-refractivity contribution in [3.05, 3.63) is 29.3 Å². The average molecular weight is 414 g/mol. The predicted octanol–water partition coefficient (Wildman–Crippen LogP) is 1.82. The summed E-state index contributed by atoms with van der Waals surface area (Å²) < 4.78 is 10.6. The summed E-state index contributed by atoms with van der Waals surface area (Å²) in [4.78, 5) is 25.4. The fourth-order valence-corrected chi connectivity index (χ4v) is 3.49. The van der Waals surface area contributed by atoms with E-state index in [1.165, 1.54) is 0 Å². The van der Waals surface area contributed by atoms with E-state index < -0.39 is 12.1 Å². The lowest BCUT2D eigenvalue weighted by atomic mass is 9.89. The number of benzene rings is 1. The van der Waals surface area contributed by atoms with Gasteiger partial charge in [-0.25, -0.2) is 4.79 Å². The van der Waals surface area contributed by atoms with Crippen LogP contribution in [-0.2, 0) is 20.8 Å². The second-order valence-electron chi connectivity index (χ2n) is 6.78. The van der Waals surface area contributed by atoms with E-state index in [-0.39, 0.29) is 43.7 Å². The molecule has 9 heteroatoms. The Morgan fingerprint density at radius 1 is 1.39 bits per heavy atom. The third kappa shape index (κ3) is 5.06. The van der Waals surface area contributed by atoms with E-state index in [1.54, 1.807) is 11.8 Å². The van der Waals surface area contributed by atoms with Gasteiger partial charge in [0.2, 0.25) is 0 Å². The van der Waals surface area contributed by atoms with Crippen molar-refractivity contribution in [2.75, 3.05) is 31.6 Å². The van der Waals surface area contributed by atoms with Crippen LogP contribution in [0.5, 0.6) is 0 Å². The molecular formula is C19H28ClN3O5. The van der Waals surface area contributed by atoms with Gasteiger partial charge in [-0.05, 0) is 31.5 Å². The van der Waals surface area contributed by atoms with Crippen molar-refractivity contribution in [3.8, 4) is 0 Å². The van der Waals surface area contributed by atoms with E-state index in [2.05, 4.69) is 10.6 Å². The highest BCUT2D eigenvalue weighted by atomic mass is 35.5. The number of ether oxygens (including phenoxy) is 2. The quantitative estimate of drug-likeness (QED) is 0.615. The van der Waals surface area contributed by atoms with Crippen LogP contribution in [0.2, 0.25) is 0 Å². The van der Waals surface area contributed by atoms with Crippen LogP contribution in [0.4, 0.5) is 10.5 Å². The summed E-state index contributed by atoms with van der Waals surface area (Å²) in [7, 11) is 0. The second kappa shape index (κ2) is 9.95. The zero-order valence-electron chi connectivity index (χ0n) is 16.1. The molecule has 2 amide bonds. The van der Waals surface area contributed by atoms with Gasteiger partial charge in [-0.3, -0.25) is 4.79 Å². The lowest BCUT2D eigenvalue weighted by molar-refractivity contribution is -0.141. The predicted molar refractivity (Wildman–Crippen MR) is 107 cm³/mol. The number of carbonyl (C=O) groups excluding carboxylic acids is 2. The number of halogens is 1. The molecule has 1 aromatic rings. The first-order valence-electron chi connectivity index (χ1n) is 9.39. The first-order chi connectivity index (χ1) is 13.0. The van der Waals surface area contributed by atoms with Crippen molar-refractivity contribution in [3.63, 3.8) is 0 Å². The van der Waals surface area contributed by atoms with Gasteiger partial charge in [-0.1, -0.05) is 6.07 Å². The smallest absolute Gasteiger partial charge is 0.325 e. The number of nitrogens with one attached hydrogen (secondary N) is 2. The molecule has 3 N–H and O–H groups in total. The molecule has 1 saturated heterocycles. The van der Waals surface area contributed by atoms with Crippen LogP contribution < -0.4 is 10.6 Å². The summed E-state index contributed by atoms with van der Waals surface area (Å²) in [5.41, 5.74) is 3.00. The molecule has 3 rings (SSSR count). The van der Waals surface area contributed by atoms with Crippen molar-refractivity contribution < 1.29 is 24.2 Å². The van der Waals surface area contributed by atoms with Crippen LogP contribution in [0, 0.1) is 0 Å². The third-order valence-electron chi connectivity index (χ3n) is 4.94. The number of nitrogens with zero attached hydrogens (tertiary/aromatic N) is 1. The molecule has 0 unspecified atom stereocenters. The third-order valence-corrected chi connectivity index (χ3v) is 4.94. The lowest BCUT2D eigenvalue weighted by Gasteiger charge is -2.40. The van der Waals surface area contributed by atoms with Gasteiger partial charge in [0.15, 0.2) is 0 Å². The van der Waals surface area contributed by atoms with Crippen LogP contribution in [0.15, 0.2) is 18.2 Å². The van der Waals surface area contributed by atoms with Crippen molar-refractivity contribution in [2.45, 2.75) is 45.1 Å². The Morgan fingerprint density at radius 2 is 2.18 bits per heavy atom. The number of esters is 1. The topological polar surface area (TPSA) is 100 Å². The van der Waals surface area contributed by atoms with Crippen LogP contribution in [0.25, 0.3) is 0 Å². The van der Waals surface area contributed by atoms with Gasteiger partial charge >= 0.3 is 12.0 Å². The van der Waals surface area contributed by atoms with Crippen molar-refractivity contribution in [1.29, 1.82) is 0 Å². The Balaban J connectivity index is 0.00000280. The number of hydrogen-bond donors (Lipinski definition) is 3. The fraction of sp³-hybridized carbons (Fsp3) is 0.579. The number of aliphatic hydroxyl groups is 1. The molecule has 2 aliphatic heterocycles. The first-order valence-corrected chi connectivity index (χ1v) is 9.39. The Morgan fingerprint density at radius 3 is 2.89 bits per heavy atom. The van der Waals surface area contributed by atoms with Gasteiger partial charge < -0.3 is 30.1 Å². The largest absolute Gasteiger partial charge is 0.465 e. The van der Waals surface area contributed by atoms with Crippen LogP contribution in [-0.4, -0.2) is 60.5 Å². The van der Waals surface area contributed by atoms with Crippen molar-refractivity contribution in [2.24, 2.45) is 0 Å². The average Bonchev–Trinajstić information content (AvgIpc) is 2.67. The number of aliphatic hydroxyl groups excluding tert-OH is 1. The summed E-state index contributed by atoms with van der Waals surface area (Å²) in [6.07, 6.45) is 0.199. The zero-order valence-corrected chi connectivity index (χ0v) is 17.0. The zero-order chi connectivity index (χ0) is 19.4. The van der Waals surface area contributed by atoms with Gasteiger partial charge in [0.1, 0.15) is 6.54 Å². The number of amides is 2. The maximum atomic E-state index is 12.3. The molecule has 3 atom stereocenters. The Bertz CT molecular complexity index is 702. The molecule has 1 fully saturated rings. The van der Waals surface area contributed by atoms with E-state index in [9.17, 15) is 14.7 Å². The molecule has 28 heavy (non-hydrogen) atoms. The summed E-state index contributed by atoms with van der Waals surface area (Å²) in [6.45, 7) is 5.02. The fourth-order valence-electron chi connectivity index (χ4n) is 3.49. The highest BCUT2D eigenvalue weighted by molar-refractivity contribution is 5.85. The lowest BCUT2D eigenvalue weighted by Crippen LogP contribution is -2.46. The van der Waals surface area contributed by atoms with Gasteiger partial charge in [0.05, 0.1) is 31.5 Å². The van der Waals surface area contributed by atoms with Crippen molar-refractivity contribution in [1.82, 2.24) is 10.2 Å². The van der Waals surface area contributed by atoms with E-state index in [0.717, 1.165) is 23.2 Å². The normalized spacial score (nSPS) is 22.2. The van der Waals surface area contributed by atoms with E-state index in [1.807, 2.05) is 25.1 Å². The number of carbonyl (C=O) groups is 2. The molecule has 2 bridgehead atoms. The molecule has 2 aliphatic rings. The van der Waals surface area contributed by atoms with Gasteiger partial charge in [-0.2, -0.15) is 0 Å². The number of rotatable bonds is 6. The molecule has 0 aliphatic carbocycles. The summed E-state index contributed by atoms with van der Waals surface area (Å²) in [6, 6.07) is 5.68. The molecule has 2 heterocycles. The SMILES string of the molecule is CCOC(=O)CNC(=O)N(CC)Cc1ccc2c(c1)[C@H]1C[C@H](N2)[C@H](O)CO1.Cl. The molecule has 8 nitrogen and oxygen atoms in total. The van der Waals surface area contributed by atoms with Crippen LogP contribution in [0.3, 0.4) is 0 Å². The first kappa shape index (κ1) is 22.3. The number of anilines is 1. The van der Waals surface area contributed by atoms with E-state index >= 15 is 0 Å². The molecule has 1 aromatic carbocycles. The molecule has 0 radical (unpaired) electrons. The molecule has 0 saturated carbocycles. The maximum absolute atomic E-state index is 12.3. The summed E-state index contributed by atoms with van der Waals surface area (Å²) in [5, 5.41) is 15.9. The molecule has 0 spiro atoms.